The van der Waals surface area contributed by atoms with Gasteiger partial charge in [-0.3, -0.25) is 0 Å². The monoisotopic (exact) mass is 381 g/mol. The van der Waals surface area contributed by atoms with E-state index in [4.69, 9.17) is 0 Å². The van der Waals surface area contributed by atoms with E-state index in [2.05, 4.69) is 0 Å². The molecule has 0 N–H and O–H groups in total. The lowest BCUT2D eigenvalue weighted by atomic mass is 10.1. The van der Waals surface area contributed by atoms with E-state index in [9.17, 15) is 22.5 Å². The van der Waals surface area contributed by atoms with Gasteiger partial charge in [-0.05, 0) is 42.0 Å². The molecule has 0 saturated heterocycles. The van der Waals surface area contributed by atoms with Crippen molar-refractivity contribution in [2.24, 2.45) is 0 Å². The van der Waals surface area contributed by atoms with Crippen LogP contribution in [0, 0.1) is 23.0 Å². The summed E-state index contributed by atoms with van der Waals surface area (Å²) in [5.41, 5.74) is 0.709. The Balaban J connectivity index is 1.98. The first-order valence-electron chi connectivity index (χ1n) is 7.89. The van der Waals surface area contributed by atoms with Crippen molar-refractivity contribution >= 4 is 22.0 Å². The number of rotatable bonds is 4. The molecule has 0 saturated carbocycles. The topological polar surface area (TPSA) is 57.9 Å². The van der Waals surface area contributed by atoms with Crippen molar-refractivity contribution in [3.8, 4) is 6.07 Å². The third-order valence-electron chi connectivity index (χ3n) is 3.91. The van der Waals surface area contributed by atoms with E-state index >= 15 is 0 Å². The van der Waals surface area contributed by atoms with Gasteiger partial charge in [0.1, 0.15) is 11.6 Å². The lowest BCUT2D eigenvalue weighted by molar-refractivity contribution is 0.581. The maximum atomic E-state index is 13.7. The van der Waals surface area contributed by atoms with Crippen molar-refractivity contribution in [3.63, 3.8) is 0 Å². The highest BCUT2D eigenvalue weighted by molar-refractivity contribution is 7.91. The van der Waals surface area contributed by atoms with Crippen LogP contribution < -0.4 is 0 Å². The molecule has 0 atom stereocenters. The minimum absolute atomic E-state index is 0.00429. The molecule has 0 aliphatic heterocycles. The number of sulfone groups is 1. The summed E-state index contributed by atoms with van der Waals surface area (Å²) >= 11 is 0. The van der Waals surface area contributed by atoms with E-state index in [1.807, 2.05) is 6.07 Å². The summed E-state index contributed by atoms with van der Waals surface area (Å²) in [6.45, 7) is 0. The largest absolute Gasteiger partial charge is 0.219 e. The zero-order valence-electron chi connectivity index (χ0n) is 13.9. The maximum Gasteiger partial charge on any atom is 0.206 e. The molecule has 0 aliphatic carbocycles. The Morgan fingerprint density at radius 2 is 1.48 bits per heavy atom. The van der Waals surface area contributed by atoms with Gasteiger partial charge < -0.3 is 0 Å². The highest BCUT2D eigenvalue weighted by Gasteiger charge is 2.18. The minimum Gasteiger partial charge on any atom is -0.219 e. The molecule has 134 valence electrons. The molecule has 3 aromatic carbocycles. The third kappa shape index (κ3) is 3.94. The van der Waals surface area contributed by atoms with Gasteiger partial charge in [-0.2, -0.15) is 5.26 Å². The highest BCUT2D eigenvalue weighted by atomic mass is 32.2. The van der Waals surface area contributed by atoms with Crippen molar-refractivity contribution in [1.29, 1.82) is 5.26 Å². The second-order valence-electron chi connectivity index (χ2n) is 5.68. The van der Waals surface area contributed by atoms with E-state index < -0.39 is 21.5 Å². The molecule has 0 aromatic heterocycles. The zero-order chi connectivity index (χ0) is 19.4. The van der Waals surface area contributed by atoms with Gasteiger partial charge in [0.25, 0.3) is 0 Å². The van der Waals surface area contributed by atoms with E-state index in [-0.39, 0.29) is 20.9 Å². The van der Waals surface area contributed by atoms with Gasteiger partial charge in [-0.1, -0.05) is 36.4 Å². The fourth-order valence-corrected chi connectivity index (χ4v) is 3.80. The van der Waals surface area contributed by atoms with E-state index in [1.165, 1.54) is 48.6 Å². The zero-order valence-corrected chi connectivity index (χ0v) is 14.7. The fraction of sp³-hybridized carbons (Fsp3) is 0. The molecule has 3 rings (SSSR count). The number of hydrogen-bond acceptors (Lipinski definition) is 3. The van der Waals surface area contributed by atoms with Crippen molar-refractivity contribution in [2.45, 2.75) is 9.79 Å². The Morgan fingerprint density at radius 1 is 0.815 bits per heavy atom. The van der Waals surface area contributed by atoms with E-state index in [0.29, 0.717) is 5.56 Å². The summed E-state index contributed by atoms with van der Waals surface area (Å²) in [5.74, 6) is -1.41. The first kappa shape index (κ1) is 18.5. The molecule has 6 heteroatoms. The summed E-state index contributed by atoms with van der Waals surface area (Å²) in [4.78, 5) is 0.126. The Hall–Kier alpha value is -3.30. The molecule has 0 spiro atoms. The lowest BCUT2D eigenvalue weighted by Gasteiger charge is -2.06. The molecule has 0 unspecified atom stereocenters. The number of halogens is 2. The van der Waals surface area contributed by atoms with Gasteiger partial charge in [0.2, 0.25) is 9.84 Å². The molecule has 0 bridgehead atoms. The van der Waals surface area contributed by atoms with Crippen LogP contribution in [-0.4, -0.2) is 8.42 Å². The normalized spacial score (nSPS) is 11.4. The summed E-state index contributed by atoms with van der Waals surface area (Å²) in [6.07, 6.45) is 2.88. The van der Waals surface area contributed by atoms with Crippen molar-refractivity contribution < 1.29 is 17.2 Å². The molecule has 3 aromatic rings. The van der Waals surface area contributed by atoms with Crippen molar-refractivity contribution in [3.05, 3.63) is 95.1 Å². The maximum absolute atomic E-state index is 13.7. The Labute approximate surface area is 155 Å². The first-order chi connectivity index (χ1) is 12.9. The second-order valence-corrected chi connectivity index (χ2v) is 7.63. The summed E-state index contributed by atoms with van der Waals surface area (Å²) in [7, 11) is -3.74. The predicted molar refractivity (Wildman–Crippen MR) is 98.3 cm³/mol. The van der Waals surface area contributed by atoms with Crippen LogP contribution in [0.3, 0.4) is 0 Å². The molecule has 0 aliphatic rings. The quantitative estimate of drug-likeness (QED) is 0.608. The van der Waals surface area contributed by atoms with Gasteiger partial charge in [-0.15, -0.1) is 0 Å². The van der Waals surface area contributed by atoms with Crippen LogP contribution in [0.1, 0.15) is 16.7 Å². The summed E-state index contributed by atoms with van der Waals surface area (Å²) in [5, 5.41) is 9.36. The van der Waals surface area contributed by atoms with Crippen LogP contribution in [0.5, 0.6) is 0 Å². The number of hydrogen-bond donors (Lipinski definition) is 0. The van der Waals surface area contributed by atoms with Gasteiger partial charge in [0, 0.05) is 11.6 Å². The molecule has 0 heterocycles. The molecular weight excluding hydrogens is 368 g/mol. The predicted octanol–water partition coefficient (Wildman–Crippen LogP) is 4.84. The number of nitriles is 1. The minimum atomic E-state index is -3.74. The first-order valence-corrected chi connectivity index (χ1v) is 9.37. The Bertz CT molecular complexity index is 1160. The van der Waals surface area contributed by atoms with Crippen LogP contribution in [0.25, 0.3) is 12.2 Å². The molecule has 27 heavy (non-hydrogen) atoms. The van der Waals surface area contributed by atoms with Crippen LogP contribution in [-0.2, 0) is 9.84 Å². The van der Waals surface area contributed by atoms with Gasteiger partial charge >= 0.3 is 0 Å². The average molecular weight is 381 g/mol. The summed E-state index contributed by atoms with van der Waals surface area (Å²) in [6, 6.07) is 17.2. The van der Waals surface area contributed by atoms with Gasteiger partial charge in [-0.25, -0.2) is 17.2 Å². The Morgan fingerprint density at radius 3 is 2.15 bits per heavy atom. The number of nitrogens with zero attached hydrogens (tertiary/aromatic N) is 1. The molecular formula is C21H13F2NO2S. The van der Waals surface area contributed by atoms with Gasteiger partial charge in [0.05, 0.1) is 21.4 Å². The second kappa shape index (κ2) is 7.52. The SMILES string of the molecule is N#Cc1cc(S(=O)(=O)c2ccccc2)ccc1C=Cc1ccc(F)cc1F. The molecule has 0 amide bonds. The fourth-order valence-electron chi connectivity index (χ4n) is 2.50. The Kier molecular flexibility index (Phi) is 5.15. The van der Waals surface area contributed by atoms with Crippen LogP contribution in [0.15, 0.2) is 76.5 Å². The van der Waals surface area contributed by atoms with Crippen molar-refractivity contribution in [1.82, 2.24) is 0 Å². The van der Waals surface area contributed by atoms with Gasteiger partial charge in [0.15, 0.2) is 0 Å². The standard InChI is InChI=1S/C21H13F2NO2S/c22-18-10-8-16(21(23)13-18)7-6-15-9-11-20(12-17(15)14-24)27(25,26)19-4-2-1-3-5-19/h1-13H. The summed E-state index contributed by atoms with van der Waals surface area (Å²) < 4.78 is 52.0. The highest BCUT2D eigenvalue weighted by Crippen LogP contribution is 2.24. The smallest absolute Gasteiger partial charge is 0.206 e. The molecule has 0 radical (unpaired) electrons. The number of benzene rings is 3. The average Bonchev–Trinajstić information content (AvgIpc) is 2.68. The van der Waals surface area contributed by atoms with Crippen LogP contribution in [0.2, 0.25) is 0 Å². The van der Waals surface area contributed by atoms with Crippen LogP contribution in [0.4, 0.5) is 8.78 Å². The van der Waals surface area contributed by atoms with E-state index in [0.717, 1.165) is 12.1 Å². The van der Waals surface area contributed by atoms with Crippen LogP contribution >= 0.6 is 0 Å². The van der Waals surface area contributed by atoms with E-state index in [1.54, 1.807) is 18.2 Å². The molecule has 3 nitrogen and oxygen atoms in total. The lowest BCUT2D eigenvalue weighted by Crippen LogP contribution is -2.02. The third-order valence-corrected chi connectivity index (χ3v) is 5.68. The molecule has 0 fully saturated rings. The van der Waals surface area contributed by atoms with Crippen molar-refractivity contribution in [2.75, 3.05) is 0 Å².